The van der Waals surface area contributed by atoms with Gasteiger partial charge in [0.05, 0.1) is 21.3 Å². The highest BCUT2D eigenvalue weighted by molar-refractivity contribution is 6.07. The summed E-state index contributed by atoms with van der Waals surface area (Å²) in [7, 11) is 4.49. The Labute approximate surface area is 220 Å². The Morgan fingerprint density at radius 2 is 1.61 bits per heavy atom. The molecule has 38 heavy (non-hydrogen) atoms. The van der Waals surface area contributed by atoms with E-state index in [4.69, 9.17) is 14.2 Å². The highest BCUT2D eigenvalue weighted by Gasteiger charge is 2.25. The van der Waals surface area contributed by atoms with Crippen LogP contribution >= 0.6 is 0 Å². The number of carbonyl (C=O) groups excluding carboxylic acids is 2. The molecule has 0 aliphatic heterocycles. The van der Waals surface area contributed by atoms with Crippen molar-refractivity contribution in [2.75, 3.05) is 21.3 Å². The SMILES string of the molecule is COc1cc(CN[C@@H](CCC(=O)NC(=O)c2cccc3c2Cc2ccccc2-3)C(=O)O)cc(OC)c1OC. The number of amides is 2. The van der Waals surface area contributed by atoms with Crippen molar-refractivity contribution in [3.63, 3.8) is 0 Å². The first-order chi connectivity index (χ1) is 18.4. The summed E-state index contributed by atoms with van der Waals surface area (Å²) >= 11 is 0. The predicted molar refractivity (Wildman–Crippen MR) is 141 cm³/mol. The molecular weight excluding hydrogens is 488 g/mol. The van der Waals surface area contributed by atoms with Gasteiger partial charge in [-0.05, 0) is 58.9 Å². The third kappa shape index (κ3) is 5.63. The van der Waals surface area contributed by atoms with E-state index >= 15 is 0 Å². The fourth-order valence-corrected chi connectivity index (χ4v) is 4.69. The van der Waals surface area contributed by atoms with Gasteiger partial charge in [0.2, 0.25) is 11.7 Å². The minimum Gasteiger partial charge on any atom is -0.493 e. The van der Waals surface area contributed by atoms with E-state index in [1.165, 1.54) is 21.3 Å². The molecule has 0 unspecified atom stereocenters. The number of fused-ring (bicyclic) bond motifs is 3. The molecule has 0 heterocycles. The molecule has 0 fully saturated rings. The van der Waals surface area contributed by atoms with Gasteiger partial charge in [0.25, 0.3) is 5.91 Å². The van der Waals surface area contributed by atoms with Crippen LogP contribution < -0.4 is 24.8 Å². The number of nitrogens with one attached hydrogen (secondary N) is 2. The number of imide groups is 1. The molecule has 0 saturated carbocycles. The first-order valence-corrected chi connectivity index (χ1v) is 12.2. The van der Waals surface area contributed by atoms with Gasteiger partial charge < -0.3 is 24.6 Å². The van der Waals surface area contributed by atoms with Crippen LogP contribution in [0.4, 0.5) is 0 Å². The van der Waals surface area contributed by atoms with E-state index < -0.39 is 23.8 Å². The number of rotatable bonds is 11. The Morgan fingerprint density at radius 3 is 2.26 bits per heavy atom. The van der Waals surface area contributed by atoms with Gasteiger partial charge in [-0.2, -0.15) is 0 Å². The smallest absolute Gasteiger partial charge is 0.320 e. The van der Waals surface area contributed by atoms with E-state index in [0.717, 1.165) is 22.3 Å². The molecule has 9 nitrogen and oxygen atoms in total. The number of carboxylic acids is 1. The Morgan fingerprint density at radius 1 is 0.921 bits per heavy atom. The summed E-state index contributed by atoms with van der Waals surface area (Å²) in [6.45, 7) is 0.185. The number of benzene rings is 3. The van der Waals surface area contributed by atoms with Crippen molar-refractivity contribution in [3.8, 4) is 28.4 Å². The van der Waals surface area contributed by atoms with Crippen LogP contribution in [-0.4, -0.2) is 50.3 Å². The van der Waals surface area contributed by atoms with Gasteiger partial charge in [0.1, 0.15) is 6.04 Å². The number of hydrogen-bond acceptors (Lipinski definition) is 7. The maximum atomic E-state index is 12.9. The monoisotopic (exact) mass is 518 g/mol. The normalized spacial score (nSPS) is 12.2. The molecule has 3 N–H and O–H groups in total. The van der Waals surface area contributed by atoms with Crippen molar-refractivity contribution < 1.29 is 33.7 Å². The van der Waals surface area contributed by atoms with E-state index in [1.54, 1.807) is 24.3 Å². The van der Waals surface area contributed by atoms with Gasteiger partial charge in [-0.3, -0.25) is 19.7 Å². The molecule has 3 aromatic carbocycles. The van der Waals surface area contributed by atoms with Gasteiger partial charge in [-0.15, -0.1) is 0 Å². The number of ether oxygens (including phenoxy) is 3. The van der Waals surface area contributed by atoms with Gasteiger partial charge in [-0.25, -0.2) is 0 Å². The Kier molecular flexibility index (Phi) is 8.28. The van der Waals surface area contributed by atoms with Crippen LogP contribution in [0, 0.1) is 0 Å². The summed E-state index contributed by atoms with van der Waals surface area (Å²) in [6, 6.07) is 15.9. The first-order valence-electron chi connectivity index (χ1n) is 12.2. The molecule has 198 valence electrons. The van der Waals surface area contributed by atoms with Crippen LogP contribution in [0.1, 0.15) is 39.9 Å². The number of methoxy groups -OCH3 is 3. The van der Waals surface area contributed by atoms with Crippen LogP contribution in [0.15, 0.2) is 54.6 Å². The molecule has 0 saturated heterocycles. The van der Waals surface area contributed by atoms with Crippen molar-refractivity contribution in [1.82, 2.24) is 10.6 Å². The van der Waals surface area contributed by atoms with Crippen molar-refractivity contribution >= 4 is 17.8 Å². The fraction of sp³-hybridized carbons (Fsp3) is 0.276. The zero-order valence-electron chi connectivity index (χ0n) is 21.5. The van der Waals surface area contributed by atoms with Gasteiger partial charge in [-0.1, -0.05) is 36.4 Å². The topological polar surface area (TPSA) is 123 Å². The predicted octanol–water partition coefficient (Wildman–Crippen LogP) is 3.56. The number of hydrogen-bond donors (Lipinski definition) is 3. The highest BCUT2D eigenvalue weighted by atomic mass is 16.5. The molecule has 1 atom stereocenters. The lowest BCUT2D eigenvalue weighted by molar-refractivity contribution is -0.139. The van der Waals surface area contributed by atoms with Gasteiger partial charge in [0.15, 0.2) is 11.5 Å². The van der Waals surface area contributed by atoms with Crippen LogP contribution in [-0.2, 0) is 22.6 Å². The standard InChI is InChI=1S/C29H30N2O7/c1-36-24-13-17(14-25(37-2)27(24)38-3)16-30-23(29(34)35)11-12-26(32)31-28(33)21-10-6-9-20-19-8-5-4-7-18(19)15-22(20)21/h4-10,13-14,23,30H,11-12,15-16H2,1-3H3,(H,34,35)(H,31,32,33)/t23-/m0/s1. The van der Waals surface area contributed by atoms with Crippen molar-refractivity contribution in [2.24, 2.45) is 0 Å². The highest BCUT2D eigenvalue weighted by Crippen LogP contribution is 2.39. The van der Waals surface area contributed by atoms with E-state index in [-0.39, 0.29) is 19.4 Å². The summed E-state index contributed by atoms with van der Waals surface area (Å²) < 4.78 is 16.0. The molecule has 0 bridgehead atoms. The zero-order valence-corrected chi connectivity index (χ0v) is 21.5. The summed E-state index contributed by atoms with van der Waals surface area (Å²) in [4.78, 5) is 37.3. The molecule has 0 spiro atoms. The minimum atomic E-state index is -1.10. The molecule has 9 heteroatoms. The van der Waals surface area contributed by atoms with Crippen molar-refractivity contribution in [3.05, 3.63) is 76.9 Å². The second kappa shape index (κ2) is 11.8. The van der Waals surface area contributed by atoms with Crippen LogP contribution in [0.2, 0.25) is 0 Å². The second-order valence-corrected chi connectivity index (χ2v) is 8.89. The third-order valence-electron chi connectivity index (χ3n) is 6.58. The molecular formula is C29H30N2O7. The molecule has 1 aliphatic carbocycles. The minimum absolute atomic E-state index is 0.00277. The number of carbonyl (C=O) groups is 3. The average molecular weight is 519 g/mol. The summed E-state index contributed by atoms with van der Waals surface area (Å²) in [5.74, 6) is -0.799. The van der Waals surface area contributed by atoms with E-state index in [2.05, 4.69) is 10.6 Å². The molecule has 0 radical (unpaired) electrons. The average Bonchev–Trinajstić information content (AvgIpc) is 3.30. The Bertz CT molecular complexity index is 1340. The molecule has 4 rings (SSSR count). The quantitative estimate of drug-likeness (QED) is 0.275. The zero-order chi connectivity index (χ0) is 27.2. The largest absolute Gasteiger partial charge is 0.493 e. The summed E-state index contributed by atoms with van der Waals surface area (Å²) in [6.07, 6.45) is 0.479. The van der Waals surface area contributed by atoms with E-state index in [1.807, 2.05) is 30.3 Å². The van der Waals surface area contributed by atoms with Crippen LogP contribution in [0.5, 0.6) is 17.2 Å². The van der Waals surface area contributed by atoms with Crippen molar-refractivity contribution in [1.29, 1.82) is 0 Å². The van der Waals surface area contributed by atoms with Gasteiger partial charge in [0, 0.05) is 18.5 Å². The summed E-state index contributed by atoms with van der Waals surface area (Å²) in [5, 5.41) is 15.0. The van der Waals surface area contributed by atoms with Crippen molar-refractivity contribution in [2.45, 2.75) is 31.8 Å². The molecule has 3 aromatic rings. The molecule has 1 aliphatic rings. The maximum Gasteiger partial charge on any atom is 0.320 e. The van der Waals surface area contributed by atoms with Gasteiger partial charge >= 0.3 is 5.97 Å². The molecule has 2 amide bonds. The Balaban J connectivity index is 1.36. The van der Waals surface area contributed by atoms with Crippen LogP contribution in [0.3, 0.4) is 0 Å². The maximum absolute atomic E-state index is 12.9. The number of aliphatic carboxylic acids is 1. The second-order valence-electron chi connectivity index (χ2n) is 8.89. The third-order valence-corrected chi connectivity index (χ3v) is 6.58. The fourth-order valence-electron chi connectivity index (χ4n) is 4.69. The van der Waals surface area contributed by atoms with Crippen LogP contribution in [0.25, 0.3) is 11.1 Å². The summed E-state index contributed by atoms with van der Waals surface area (Å²) in [5.41, 5.74) is 5.26. The lowest BCUT2D eigenvalue weighted by Gasteiger charge is -2.17. The van der Waals surface area contributed by atoms with E-state index in [0.29, 0.717) is 34.8 Å². The lowest BCUT2D eigenvalue weighted by Crippen LogP contribution is -2.38. The van der Waals surface area contributed by atoms with E-state index in [9.17, 15) is 19.5 Å². The number of carboxylic acid groups (broad SMARTS) is 1. The Hall–Kier alpha value is -4.37. The lowest BCUT2D eigenvalue weighted by atomic mass is 10.0. The first kappa shape index (κ1) is 26.7. The molecule has 0 aromatic heterocycles.